The molecule has 2 amide bonds. The molecule has 0 bridgehead atoms. The number of nitrogens with zero attached hydrogens (tertiary/aromatic N) is 1. The van der Waals surface area contributed by atoms with E-state index in [1.807, 2.05) is 56.3 Å². The van der Waals surface area contributed by atoms with Gasteiger partial charge in [-0.05, 0) is 66.4 Å². The molecule has 2 N–H and O–H groups in total. The quantitative estimate of drug-likeness (QED) is 0.425. The van der Waals surface area contributed by atoms with Crippen LogP contribution in [0.15, 0.2) is 59.1 Å². The van der Waals surface area contributed by atoms with Crippen LogP contribution in [0.2, 0.25) is 0 Å². The van der Waals surface area contributed by atoms with Crippen molar-refractivity contribution in [1.82, 2.24) is 10.6 Å². The average molecular weight is 538 g/mol. The lowest BCUT2D eigenvalue weighted by molar-refractivity contribution is -0.129. The molecular formula is C28H32BrN3O3. The van der Waals surface area contributed by atoms with Crippen molar-refractivity contribution in [3.63, 3.8) is 0 Å². The SMILES string of the molecule is CCN[C@@H](CC)C(=O)NC1CCc2ccccc2N(Cc2c(OC)ccc3cc(Br)ccc23)C1=O. The molecule has 0 fully saturated rings. The summed E-state index contributed by atoms with van der Waals surface area (Å²) < 4.78 is 6.71. The highest BCUT2D eigenvalue weighted by Gasteiger charge is 2.33. The molecule has 0 radical (unpaired) electrons. The summed E-state index contributed by atoms with van der Waals surface area (Å²) in [5, 5.41) is 8.33. The summed E-state index contributed by atoms with van der Waals surface area (Å²) in [6.07, 6.45) is 1.93. The van der Waals surface area contributed by atoms with E-state index in [-0.39, 0.29) is 17.9 Å². The molecule has 7 heteroatoms. The van der Waals surface area contributed by atoms with Gasteiger partial charge in [0.15, 0.2) is 0 Å². The third-order valence-corrected chi connectivity index (χ3v) is 7.12. The predicted octanol–water partition coefficient (Wildman–Crippen LogP) is 4.96. The number of aryl methyl sites for hydroxylation is 1. The maximum Gasteiger partial charge on any atom is 0.249 e. The Morgan fingerprint density at radius 3 is 2.71 bits per heavy atom. The summed E-state index contributed by atoms with van der Waals surface area (Å²) in [4.78, 5) is 28.7. The maximum atomic E-state index is 13.9. The van der Waals surface area contributed by atoms with Gasteiger partial charge < -0.3 is 20.3 Å². The van der Waals surface area contributed by atoms with Crippen LogP contribution < -0.4 is 20.3 Å². The van der Waals surface area contributed by atoms with E-state index in [2.05, 4.69) is 38.7 Å². The van der Waals surface area contributed by atoms with Crippen LogP contribution in [0.4, 0.5) is 5.69 Å². The number of halogens is 1. The van der Waals surface area contributed by atoms with Gasteiger partial charge in [0.2, 0.25) is 11.8 Å². The number of methoxy groups -OCH3 is 1. The summed E-state index contributed by atoms with van der Waals surface area (Å²) in [6, 6.07) is 17.2. The molecule has 2 atom stereocenters. The standard InChI is InChI=1S/C28H32BrN3O3/c1-4-23(30-5-2)27(33)31-24-14-10-18-8-6-7-9-25(18)32(28(24)34)17-22-21-13-12-20(29)16-19(21)11-15-26(22)35-3/h6-9,11-13,15-16,23-24,30H,4-5,10,14,17H2,1-3H3,(H,31,33)/t23-,24?/m0/s1. The van der Waals surface area contributed by atoms with Gasteiger partial charge in [-0.15, -0.1) is 0 Å². The lowest BCUT2D eigenvalue weighted by Crippen LogP contribution is -2.53. The highest BCUT2D eigenvalue weighted by Crippen LogP contribution is 2.35. The Morgan fingerprint density at radius 1 is 1.17 bits per heavy atom. The Hall–Kier alpha value is -2.90. The molecule has 0 spiro atoms. The molecule has 1 heterocycles. The summed E-state index contributed by atoms with van der Waals surface area (Å²) in [7, 11) is 1.65. The van der Waals surface area contributed by atoms with Crippen LogP contribution in [0.5, 0.6) is 5.75 Å². The first-order valence-corrected chi connectivity index (χ1v) is 12.9. The summed E-state index contributed by atoms with van der Waals surface area (Å²) in [6.45, 7) is 4.98. The number of benzene rings is 3. The Labute approximate surface area is 215 Å². The number of nitrogens with one attached hydrogen (secondary N) is 2. The zero-order valence-corrected chi connectivity index (χ0v) is 22.0. The van der Waals surface area contributed by atoms with Crippen LogP contribution in [0.1, 0.15) is 37.8 Å². The van der Waals surface area contributed by atoms with E-state index >= 15 is 0 Å². The van der Waals surface area contributed by atoms with Crippen molar-refractivity contribution in [1.29, 1.82) is 0 Å². The molecule has 0 aromatic heterocycles. The van der Waals surface area contributed by atoms with E-state index in [0.717, 1.165) is 37.8 Å². The first-order chi connectivity index (χ1) is 17.0. The Bertz CT molecular complexity index is 1230. The van der Waals surface area contributed by atoms with E-state index < -0.39 is 6.04 Å². The largest absolute Gasteiger partial charge is 0.496 e. The number of likely N-dealkylation sites (N-methyl/N-ethyl adjacent to an activating group) is 1. The summed E-state index contributed by atoms with van der Waals surface area (Å²) in [5.41, 5.74) is 2.91. The molecule has 4 rings (SSSR count). The Morgan fingerprint density at radius 2 is 1.97 bits per heavy atom. The molecule has 0 saturated carbocycles. The second-order valence-electron chi connectivity index (χ2n) is 8.78. The van der Waals surface area contributed by atoms with Crippen molar-refractivity contribution < 1.29 is 14.3 Å². The fourth-order valence-corrected chi connectivity index (χ4v) is 5.19. The Kier molecular flexibility index (Phi) is 8.08. The second-order valence-corrected chi connectivity index (χ2v) is 9.70. The number of carbonyl (C=O) groups is 2. The minimum absolute atomic E-state index is 0.106. The van der Waals surface area contributed by atoms with Gasteiger partial charge in [-0.1, -0.05) is 60.1 Å². The third-order valence-electron chi connectivity index (χ3n) is 6.63. The molecule has 184 valence electrons. The van der Waals surface area contributed by atoms with E-state index in [1.54, 1.807) is 12.0 Å². The van der Waals surface area contributed by atoms with Gasteiger partial charge in [0.1, 0.15) is 11.8 Å². The highest BCUT2D eigenvalue weighted by atomic mass is 79.9. The number of hydrogen-bond acceptors (Lipinski definition) is 4. The third kappa shape index (κ3) is 5.36. The van der Waals surface area contributed by atoms with Crippen molar-refractivity contribution in [3.8, 4) is 5.75 Å². The molecule has 0 saturated heterocycles. The van der Waals surface area contributed by atoms with Crippen molar-refractivity contribution in [2.75, 3.05) is 18.6 Å². The maximum absolute atomic E-state index is 13.9. The number of carbonyl (C=O) groups excluding carboxylic acids is 2. The molecule has 1 aliphatic rings. The summed E-state index contributed by atoms with van der Waals surface area (Å²) in [5.74, 6) is 0.491. The Balaban J connectivity index is 1.73. The zero-order valence-electron chi connectivity index (χ0n) is 20.4. The van der Waals surface area contributed by atoms with Crippen LogP contribution in [0, 0.1) is 0 Å². The van der Waals surface area contributed by atoms with Gasteiger partial charge in [0, 0.05) is 15.7 Å². The van der Waals surface area contributed by atoms with E-state index in [9.17, 15) is 9.59 Å². The lowest BCUT2D eigenvalue weighted by atomic mass is 10.0. The number of amides is 2. The molecule has 6 nitrogen and oxygen atoms in total. The predicted molar refractivity (Wildman–Crippen MR) is 144 cm³/mol. The van der Waals surface area contributed by atoms with E-state index in [0.29, 0.717) is 32.4 Å². The molecule has 1 unspecified atom stereocenters. The first kappa shape index (κ1) is 25.2. The lowest BCUT2D eigenvalue weighted by Gasteiger charge is -2.28. The van der Waals surface area contributed by atoms with Crippen molar-refractivity contribution in [3.05, 3.63) is 70.2 Å². The second kappa shape index (κ2) is 11.2. The fourth-order valence-electron chi connectivity index (χ4n) is 4.81. The number of fused-ring (bicyclic) bond motifs is 2. The number of anilines is 1. The number of rotatable bonds is 8. The molecular weight excluding hydrogens is 506 g/mol. The topological polar surface area (TPSA) is 70.7 Å². The number of ether oxygens (including phenoxy) is 1. The first-order valence-electron chi connectivity index (χ1n) is 12.1. The summed E-state index contributed by atoms with van der Waals surface area (Å²) >= 11 is 3.55. The van der Waals surface area contributed by atoms with Crippen LogP contribution in [0.25, 0.3) is 10.8 Å². The molecule has 1 aliphatic heterocycles. The monoisotopic (exact) mass is 537 g/mol. The highest BCUT2D eigenvalue weighted by molar-refractivity contribution is 9.10. The van der Waals surface area contributed by atoms with Gasteiger partial charge in [0.25, 0.3) is 0 Å². The van der Waals surface area contributed by atoms with Gasteiger partial charge in [-0.25, -0.2) is 0 Å². The molecule has 0 aliphatic carbocycles. The smallest absolute Gasteiger partial charge is 0.249 e. The van der Waals surface area contributed by atoms with Crippen molar-refractivity contribution in [2.24, 2.45) is 0 Å². The average Bonchev–Trinajstić information content (AvgIpc) is 2.99. The van der Waals surface area contributed by atoms with Gasteiger partial charge in [0.05, 0.1) is 19.7 Å². The van der Waals surface area contributed by atoms with E-state index in [1.165, 1.54) is 0 Å². The van der Waals surface area contributed by atoms with Gasteiger partial charge >= 0.3 is 0 Å². The van der Waals surface area contributed by atoms with Crippen LogP contribution in [-0.2, 0) is 22.6 Å². The molecule has 3 aromatic rings. The number of hydrogen-bond donors (Lipinski definition) is 2. The van der Waals surface area contributed by atoms with Crippen molar-refractivity contribution in [2.45, 2.75) is 51.7 Å². The normalized spacial score (nSPS) is 16.5. The molecule has 35 heavy (non-hydrogen) atoms. The van der Waals surface area contributed by atoms with Gasteiger partial charge in [-0.2, -0.15) is 0 Å². The van der Waals surface area contributed by atoms with Crippen LogP contribution >= 0.6 is 15.9 Å². The van der Waals surface area contributed by atoms with E-state index in [4.69, 9.17) is 4.74 Å². The number of para-hydroxylation sites is 1. The van der Waals surface area contributed by atoms with Crippen molar-refractivity contribution >= 4 is 44.2 Å². The minimum Gasteiger partial charge on any atom is -0.496 e. The molecule has 3 aromatic carbocycles. The minimum atomic E-state index is -0.599. The van der Waals surface area contributed by atoms with Crippen LogP contribution in [-0.4, -0.2) is 37.6 Å². The van der Waals surface area contributed by atoms with Gasteiger partial charge in [-0.3, -0.25) is 9.59 Å². The fraction of sp³-hybridized carbons (Fsp3) is 0.357. The van der Waals surface area contributed by atoms with Crippen LogP contribution in [0.3, 0.4) is 0 Å². The zero-order chi connectivity index (χ0) is 24.9.